The number of terminal acetylenes is 1. The highest BCUT2D eigenvalue weighted by atomic mass is 14.8. The van der Waals surface area contributed by atoms with Crippen LogP contribution in [0.15, 0.2) is 0 Å². The van der Waals surface area contributed by atoms with Gasteiger partial charge in [-0.05, 0) is 0 Å². The molecule has 0 aliphatic heterocycles. The van der Waals surface area contributed by atoms with E-state index < -0.39 is 0 Å². The summed E-state index contributed by atoms with van der Waals surface area (Å²) >= 11 is 0. The van der Waals surface area contributed by atoms with Gasteiger partial charge in [-0.25, -0.2) is 0 Å². The van der Waals surface area contributed by atoms with Crippen molar-refractivity contribution in [2.24, 2.45) is 0 Å². The Hall–Kier alpha value is -0.480. The van der Waals surface area contributed by atoms with Crippen molar-refractivity contribution < 1.29 is 0 Å². The fourth-order valence-corrected chi connectivity index (χ4v) is 0.0913. The molecule has 0 fully saturated rings. The Morgan fingerprint density at radius 1 is 2.00 bits per heavy atom. The lowest BCUT2D eigenvalue weighted by atomic mass is 10.7. The van der Waals surface area contributed by atoms with Crippen LogP contribution in [0, 0.1) is 12.3 Å². The van der Waals surface area contributed by atoms with Crippen molar-refractivity contribution in [1.82, 2.24) is 0 Å². The molecule has 0 amide bonds. The highest BCUT2D eigenvalue weighted by Crippen LogP contribution is 1.67. The molecular weight excluding hydrogens is 62.1 g/mol. The summed E-state index contributed by atoms with van der Waals surface area (Å²) in [7, 11) is 1.69. The molecule has 0 N–H and O–H groups in total. The number of rotatable bonds is 1. The molecule has 0 unspecified atom stereocenters. The van der Waals surface area contributed by atoms with E-state index in [9.17, 15) is 0 Å². The van der Waals surface area contributed by atoms with Crippen molar-refractivity contribution in [1.29, 1.82) is 0 Å². The molecule has 0 aliphatic carbocycles. The SMILES string of the molecule is C#CC[N-]C. The molecule has 0 aromatic carbocycles. The summed E-state index contributed by atoms with van der Waals surface area (Å²) in [4.78, 5) is 0. The predicted octanol–water partition coefficient (Wildman–Crippen LogP) is 0.623. The van der Waals surface area contributed by atoms with E-state index >= 15 is 0 Å². The van der Waals surface area contributed by atoms with E-state index in [0.29, 0.717) is 6.54 Å². The summed E-state index contributed by atoms with van der Waals surface area (Å²) in [5, 5.41) is 3.62. The number of nitrogens with zero attached hydrogens (tertiary/aromatic N) is 1. The van der Waals surface area contributed by atoms with Crippen LogP contribution in [-0.4, -0.2) is 13.6 Å². The van der Waals surface area contributed by atoms with Gasteiger partial charge in [0.1, 0.15) is 0 Å². The Labute approximate surface area is 32.4 Å². The Morgan fingerprint density at radius 3 is 2.60 bits per heavy atom. The monoisotopic (exact) mass is 68.1 g/mol. The van der Waals surface area contributed by atoms with Crippen molar-refractivity contribution in [3.63, 3.8) is 0 Å². The molecule has 0 bridgehead atoms. The fourth-order valence-electron chi connectivity index (χ4n) is 0.0913. The van der Waals surface area contributed by atoms with Crippen LogP contribution in [0.5, 0.6) is 0 Å². The second-order valence-electron chi connectivity index (χ2n) is 0.678. The highest BCUT2D eigenvalue weighted by Gasteiger charge is 1.40. The van der Waals surface area contributed by atoms with Crippen LogP contribution in [0.25, 0.3) is 5.32 Å². The molecule has 0 aliphatic rings. The third kappa shape index (κ3) is 3.52. The Bertz CT molecular complexity index is 42.1. The van der Waals surface area contributed by atoms with Crippen molar-refractivity contribution >= 4 is 0 Å². The van der Waals surface area contributed by atoms with Crippen LogP contribution < -0.4 is 0 Å². The molecule has 0 radical (unpaired) electrons. The van der Waals surface area contributed by atoms with E-state index in [1.807, 2.05) is 0 Å². The van der Waals surface area contributed by atoms with Gasteiger partial charge in [-0.1, -0.05) is 6.54 Å². The fraction of sp³-hybridized carbons (Fsp3) is 0.500. The first-order valence-corrected chi connectivity index (χ1v) is 1.41. The van der Waals surface area contributed by atoms with E-state index in [1.165, 1.54) is 0 Å². The molecule has 0 rings (SSSR count). The van der Waals surface area contributed by atoms with Gasteiger partial charge in [0.05, 0.1) is 0 Å². The summed E-state index contributed by atoms with van der Waals surface area (Å²) in [5.41, 5.74) is 0. The van der Waals surface area contributed by atoms with Gasteiger partial charge in [-0.2, -0.15) is 7.05 Å². The van der Waals surface area contributed by atoms with Gasteiger partial charge < -0.3 is 5.32 Å². The quantitative estimate of drug-likeness (QED) is 0.400. The van der Waals surface area contributed by atoms with Gasteiger partial charge in [-0.15, -0.1) is 12.3 Å². The molecule has 28 valence electrons. The standard InChI is InChI=1S/C4H6N/c1-3-4-5-2/h1H,4H2,2H3/q-1. The molecule has 5 heavy (non-hydrogen) atoms. The maximum atomic E-state index is 4.80. The van der Waals surface area contributed by atoms with E-state index in [1.54, 1.807) is 7.05 Å². The first-order chi connectivity index (χ1) is 2.41. The zero-order chi connectivity index (χ0) is 4.12. The number of hydrogen-bond donors (Lipinski definition) is 0. The molecule has 0 heterocycles. The van der Waals surface area contributed by atoms with Crippen LogP contribution >= 0.6 is 0 Å². The van der Waals surface area contributed by atoms with Crippen molar-refractivity contribution in [2.45, 2.75) is 0 Å². The third-order valence-corrected chi connectivity index (χ3v) is 0.249. The summed E-state index contributed by atoms with van der Waals surface area (Å²) in [5.74, 6) is 2.35. The largest absolute Gasteiger partial charge is 0.655 e. The highest BCUT2D eigenvalue weighted by molar-refractivity contribution is 4.96. The zero-order valence-electron chi connectivity index (χ0n) is 3.23. The molecule has 0 saturated carbocycles. The molecule has 0 spiro atoms. The average molecular weight is 68.1 g/mol. The molecule has 1 heteroatoms. The Kier molecular flexibility index (Phi) is 3.18. The van der Waals surface area contributed by atoms with Gasteiger partial charge in [0.25, 0.3) is 0 Å². The summed E-state index contributed by atoms with van der Waals surface area (Å²) in [6.07, 6.45) is 4.80. The van der Waals surface area contributed by atoms with E-state index in [-0.39, 0.29) is 0 Å². The van der Waals surface area contributed by atoms with Crippen molar-refractivity contribution in [3.05, 3.63) is 5.32 Å². The van der Waals surface area contributed by atoms with Crippen LogP contribution in [0.2, 0.25) is 0 Å². The zero-order valence-corrected chi connectivity index (χ0v) is 3.23. The molecular formula is C4H6N-. The molecule has 0 aromatic rings. The van der Waals surface area contributed by atoms with E-state index in [0.717, 1.165) is 0 Å². The molecule has 0 atom stereocenters. The predicted molar refractivity (Wildman–Crippen MR) is 23.0 cm³/mol. The van der Waals surface area contributed by atoms with Crippen LogP contribution in [-0.2, 0) is 0 Å². The number of hydrogen-bond acceptors (Lipinski definition) is 0. The maximum Gasteiger partial charge on any atom is -0.0847 e. The van der Waals surface area contributed by atoms with Gasteiger partial charge in [0, 0.05) is 0 Å². The van der Waals surface area contributed by atoms with Crippen LogP contribution in [0.1, 0.15) is 0 Å². The first kappa shape index (κ1) is 4.52. The van der Waals surface area contributed by atoms with Gasteiger partial charge in [0.15, 0.2) is 0 Å². The lowest BCUT2D eigenvalue weighted by Crippen LogP contribution is -1.67. The molecule has 0 aromatic heterocycles. The lowest BCUT2D eigenvalue weighted by Gasteiger charge is -1.98. The smallest absolute Gasteiger partial charge is 0.0847 e. The topological polar surface area (TPSA) is 14.1 Å². The second-order valence-corrected chi connectivity index (χ2v) is 0.678. The van der Waals surface area contributed by atoms with E-state index in [4.69, 9.17) is 6.42 Å². The van der Waals surface area contributed by atoms with Crippen molar-refractivity contribution in [2.75, 3.05) is 13.6 Å². The van der Waals surface area contributed by atoms with Gasteiger partial charge in [-0.3, -0.25) is 0 Å². The minimum atomic E-state index is 0.542. The second kappa shape index (κ2) is 3.52. The Balaban J connectivity index is 2.48. The average Bonchev–Trinajstić information content (AvgIpc) is 1.41. The Morgan fingerprint density at radius 2 is 2.60 bits per heavy atom. The summed E-state index contributed by atoms with van der Waals surface area (Å²) in [6.45, 7) is 0.542. The normalized spacial score (nSPS) is 6.40. The van der Waals surface area contributed by atoms with Crippen LogP contribution in [0.4, 0.5) is 0 Å². The molecule has 0 saturated heterocycles. The lowest BCUT2D eigenvalue weighted by molar-refractivity contribution is 1.45. The summed E-state index contributed by atoms with van der Waals surface area (Å²) in [6, 6.07) is 0. The summed E-state index contributed by atoms with van der Waals surface area (Å²) < 4.78 is 0. The first-order valence-electron chi connectivity index (χ1n) is 1.41. The van der Waals surface area contributed by atoms with E-state index in [2.05, 4.69) is 11.2 Å². The van der Waals surface area contributed by atoms with Crippen LogP contribution in [0.3, 0.4) is 0 Å². The molecule has 1 nitrogen and oxygen atoms in total. The minimum absolute atomic E-state index is 0.542. The van der Waals surface area contributed by atoms with Gasteiger partial charge in [0.2, 0.25) is 0 Å². The van der Waals surface area contributed by atoms with Gasteiger partial charge >= 0.3 is 0 Å². The minimum Gasteiger partial charge on any atom is -0.655 e. The maximum absolute atomic E-state index is 4.80. The third-order valence-electron chi connectivity index (χ3n) is 0.249. The van der Waals surface area contributed by atoms with Crippen molar-refractivity contribution in [3.8, 4) is 12.3 Å².